The summed E-state index contributed by atoms with van der Waals surface area (Å²) in [6.45, 7) is 4.64. The van der Waals surface area contributed by atoms with E-state index in [-0.39, 0.29) is 5.75 Å². The standard InChI is InChI=1S/C18H30N4O3S/c1-4-26(23,24)21-12-5-11-20-18(19-2)22-13-10-16(14-22)15-6-8-17(25-3)9-7-15/h6-9,16,21H,4-5,10-14H2,1-3H3,(H,19,20). The maximum absolute atomic E-state index is 11.4. The quantitative estimate of drug-likeness (QED) is 0.403. The van der Waals surface area contributed by atoms with Gasteiger partial charge < -0.3 is 15.0 Å². The molecule has 7 nitrogen and oxygen atoms in total. The third kappa shape index (κ3) is 5.88. The summed E-state index contributed by atoms with van der Waals surface area (Å²) in [5.74, 6) is 2.35. The number of hydrogen-bond donors (Lipinski definition) is 2. The Bertz CT molecular complexity index is 689. The highest BCUT2D eigenvalue weighted by atomic mass is 32.2. The van der Waals surface area contributed by atoms with Crippen LogP contribution in [0.5, 0.6) is 5.75 Å². The summed E-state index contributed by atoms with van der Waals surface area (Å²) >= 11 is 0. The number of hydrogen-bond acceptors (Lipinski definition) is 4. The second-order valence-electron chi connectivity index (χ2n) is 6.33. The molecule has 1 aliphatic rings. The molecule has 1 fully saturated rings. The predicted molar refractivity (Wildman–Crippen MR) is 105 cm³/mol. The van der Waals surface area contributed by atoms with Gasteiger partial charge in [0.2, 0.25) is 10.0 Å². The summed E-state index contributed by atoms with van der Waals surface area (Å²) in [6.07, 6.45) is 1.80. The lowest BCUT2D eigenvalue weighted by molar-refractivity contribution is 0.414. The first-order valence-corrected chi connectivity index (χ1v) is 10.7. The van der Waals surface area contributed by atoms with Gasteiger partial charge in [0, 0.05) is 39.1 Å². The minimum absolute atomic E-state index is 0.114. The molecule has 1 aromatic carbocycles. The summed E-state index contributed by atoms with van der Waals surface area (Å²) < 4.78 is 30.6. The molecule has 1 heterocycles. The molecule has 1 unspecified atom stereocenters. The zero-order chi connectivity index (χ0) is 19.0. The maximum atomic E-state index is 11.4. The molecule has 8 heteroatoms. The largest absolute Gasteiger partial charge is 0.497 e. The molecule has 0 radical (unpaired) electrons. The normalized spacial score (nSPS) is 18.2. The Labute approximate surface area is 156 Å². The Morgan fingerprint density at radius 3 is 2.65 bits per heavy atom. The summed E-state index contributed by atoms with van der Waals surface area (Å²) in [7, 11) is 0.345. The van der Waals surface area contributed by atoms with Gasteiger partial charge in [-0.3, -0.25) is 4.99 Å². The highest BCUT2D eigenvalue weighted by Gasteiger charge is 2.25. The minimum Gasteiger partial charge on any atom is -0.497 e. The molecule has 0 spiro atoms. The van der Waals surface area contributed by atoms with E-state index in [0.717, 1.165) is 31.2 Å². The number of methoxy groups -OCH3 is 1. The van der Waals surface area contributed by atoms with Crippen molar-refractivity contribution in [1.29, 1.82) is 0 Å². The lowest BCUT2D eigenvalue weighted by Crippen LogP contribution is -2.41. The van der Waals surface area contributed by atoms with Crippen LogP contribution in [-0.4, -0.2) is 65.4 Å². The number of likely N-dealkylation sites (tertiary alicyclic amines) is 1. The highest BCUT2D eigenvalue weighted by Crippen LogP contribution is 2.28. The smallest absolute Gasteiger partial charge is 0.211 e. The van der Waals surface area contributed by atoms with Gasteiger partial charge in [-0.05, 0) is 37.5 Å². The van der Waals surface area contributed by atoms with Gasteiger partial charge in [0.1, 0.15) is 5.75 Å². The van der Waals surface area contributed by atoms with E-state index in [9.17, 15) is 8.42 Å². The van der Waals surface area contributed by atoms with E-state index in [4.69, 9.17) is 4.74 Å². The lowest BCUT2D eigenvalue weighted by atomic mass is 9.98. The van der Waals surface area contributed by atoms with Crippen molar-refractivity contribution >= 4 is 16.0 Å². The van der Waals surface area contributed by atoms with Crippen molar-refractivity contribution in [2.24, 2.45) is 4.99 Å². The Hall–Kier alpha value is -1.80. The molecule has 1 atom stereocenters. The molecule has 0 amide bonds. The van der Waals surface area contributed by atoms with Crippen LogP contribution in [0.3, 0.4) is 0 Å². The second kappa shape index (κ2) is 9.78. The Morgan fingerprint density at radius 2 is 2.04 bits per heavy atom. The predicted octanol–water partition coefficient (Wildman–Crippen LogP) is 1.39. The van der Waals surface area contributed by atoms with Crippen molar-refractivity contribution in [3.05, 3.63) is 29.8 Å². The van der Waals surface area contributed by atoms with Gasteiger partial charge in [-0.15, -0.1) is 0 Å². The van der Waals surface area contributed by atoms with Crippen LogP contribution < -0.4 is 14.8 Å². The maximum Gasteiger partial charge on any atom is 0.211 e. The van der Waals surface area contributed by atoms with Gasteiger partial charge in [0.15, 0.2) is 5.96 Å². The first-order chi connectivity index (χ1) is 12.5. The average molecular weight is 383 g/mol. The van der Waals surface area contributed by atoms with Crippen molar-refractivity contribution in [1.82, 2.24) is 14.9 Å². The molecule has 1 saturated heterocycles. The highest BCUT2D eigenvalue weighted by molar-refractivity contribution is 7.89. The molecule has 0 saturated carbocycles. The van der Waals surface area contributed by atoms with E-state index in [1.54, 1.807) is 21.1 Å². The van der Waals surface area contributed by atoms with Crippen molar-refractivity contribution in [3.8, 4) is 5.75 Å². The zero-order valence-electron chi connectivity index (χ0n) is 15.9. The van der Waals surface area contributed by atoms with Crippen LogP contribution in [-0.2, 0) is 10.0 Å². The van der Waals surface area contributed by atoms with Crippen LogP contribution >= 0.6 is 0 Å². The molecule has 0 aliphatic carbocycles. The number of nitrogens with one attached hydrogen (secondary N) is 2. The van der Waals surface area contributed by atoms with Gasteiger partial charge in [-0.2, -0.15) is 0 Å². The van der Waals surface area contributed by atoms with E-state index in [1.807, 2.05) is 12.1 Å². The minimum atomic E-state index is -3.11. The monoisotopic (exact) mass is 382 g/mol. The first kappa shape index (κ1) is 20.5. The Kier molecular flexibility index (Phi) is 7.71. The van der Waals surface area contributed by atoms with E-state index in [2.05, 4.69) is 32.1 Å². The van der Waals surface area contributed by atoms with Gasteiger partial charge in [0.05, 0.1) is 12.9 Å². The van der Waals surface area contributed by atoms with Crippen LogP contribution in [0.4, 0.5) is 0 Å². The van der Waals surface area contributed by atoms with Crippen molar-refractivity contribution in [3.63, 3.8) is 0 Å². The first-order valence-electron chi connectivity index (χ1n) is 9.06. The van der Waals surface area contributed by atoms with Crippen LogP contribution in [0.15, 0.2) is 29.3 Å². The van der Waals surface area contributed by atoms with Gasteiger partial charge >= 0.3 is 0 Å². The van der Waals surface area contributed by atoms with Crippen LogP contribution in [0.1, 0.15) is 31.2 Å². The lowest BCUT2D eigenvalue weighted by Gasteiger charge is -2.22. The van der Waals surface area contributed by atoms with E-state index in [1.165, 1.54) is 5.56 Å². The average Bonchev–Trinajstić information content (AvgIpc) is 3.14. The molecular weight excluding hydrogens is 352 g/mol. The molecule has 26 heavy (non-hydrogen) atoms. The Morgan fingerprint density at radius 1 is 1.31 bits per heavy atom. The SMILES string of the molecule is CCS(=O)(=O)NCCCNC(=NC)N1CCC(c2ccc(OC)cc2)C1. The van der Waals surface area contributed by atoms with E-state index < -0.39 is 10.0 Å². The number of aliphatic imine (C=N–C) groups is 1. The fraction of sp³-hybridized carbons (Fsp3) is 0.611. The number of guanidine groups is 1. The van der Waals surface area contributed by atoms with Gasteiger partial charge in [-0.1, -0.05) is 12.1 Å². The van der Waals surface area contributed by atoms with Crippen LogP contribution in [0.25, 0.3) is 0 Å². The van der Waals surface area contributed by atoms with Crippen LogP contribution in [0, 0.1) is 0 Å². The number of benzene rings is 1. The number of ether oxygens (including phenoxy) is 1. The fourth-order valence-corrected chi connectivity index (χ4v) is 3.71. The zero-order valence-corrected chi connectivity index (χ0v) is 16.7. The summed E-state index contributed by atoms with van der Waals surface area (Å²) in [5.41, 5.74) is 1.32. The summed E-state index contributed by atoms with van der Waals surface area (Å²) in [6, 6.07) is 8.26. The molecule has 1 aliphatic heterocycles. The number of rotatable bonds is 8. The third-order valence-electron chi connectivity index (χ3n) is 4.63. The second-order valence-corrected chi connectivity index (χ2v) is 8.43. The van der Waals surface area contributed by atoms with E-state index in [0.29, 0.717) is 25.4 Å². The third-order valence-corrected chi connectivity index (χ3v) is 6.03. The van der Waals surface area contributed by atoms with Crippen molar-refractivity contribution < 1.29 is 13.2 Å². The molecule has 2 rings (SSSR count). The number of nitrogens with zero attached hydrogens (tertiary/aromatic N) is 2. The molecule has 146 valence electrons. The molecule has 2 N–H and O–H groups in total. The fourth-order valence-electron chi connectivity index (χ4n) is 3.05. The van der Waals surface area contributed by atoms with Gasteiger partial charge in [0.25, 0.3) is 0 Å². The van der Waals surface area contributed by atoms with E-state index >= 15 is 0 Å². The number of sulfonamides is 1. The summed E-state index contributed by atoms with van der Waals surface area (Å²) in [4.78, 5) is 6.62. The molecular formula is C18H30N4O3S. The molecule has 1 aromatic rings. The van der Waals surface area contributed by atoms with Gasteiger partial charge in [-0.25, -0.2) is 13.1 Å². The van der Waals surface area contributed by atoms with Crippen LogP contribution in [0.2, 0.25) is 0 Å². The molecule has 0 aromatic heterocycles. The summed E-state index contributed by atoms with van der Waals surface area (Å²) in [5, 5.41) is 3.33. The molecule has 0 bridgehead atoms. The Balaban J connectivity index is 1.78. The topological polar surface area (TPSA) is 83.0 Å². The van der Waals surface area contributed by atoms with Crippen molar-refractivity contribution in [2.75, 3.05) is 46.1 Å². The van der Waals surface area contributed by atoms with Crippen molar-refractivity contribution in [2.45, 2.75) is 25.7 Å².